The molecule has 0 spiro atoms. The summed E-state index contributed by atoms with van der Waals surface area (Å²) in [6, 6.07) is 10.5. The van der Waals surface area contributed by atoms with Crippen LogP contribution in [0.4, 0.5) is 15.8 Å². The summed E-state index contributed by atoms with van der Waals surface area (Å²) in [5.41, 5.74) is 0.536. The monoisotopic (exact) mass is 355 g/mol. The Labute approximate surface area is 145 Å². The Morgan fingerprint density at radius 1 is 1.12 bits per heavy atom. The van der Waals surface area contributed by atoms with Crippen molar-refractivity contribution in [1.29, 1.82) is 0 Å². The topological polar surface area (TPSA) is 102 Å². The molecule has 0 bridgehead atoms. The van der Waals surface area contributed by atoms with Crippen LogP contribution >= 0.6 is 0 Å². The highest BCUT2D eigenvalue weighted by atomic mass is 19.1. The van der Waals surface area contributed by atoms with Crippen LogP contribution in [0.25, 0.3) is 0 Å². The first-order valence-corrected chi connectivity index (χ1v) is 7.59. The van der Waals surface area contributed by atoms with Gasteiger partial charge in [0.15, 0.2) is 0 Å². The van der Waals surface area contributed by atoms with Gasteiger partial charge in [0.2, 0.25) is 12.0 Å². The highest BCUT2D eigenvalue weighted by Crippen LogP contribution is 2.35. The summed E-state index contributed by atoms with van der Waals surface area (Å²) in [6.45, 7) is 0. The lowest BCUT2D eigenvalue weighted by Crippen LogP contribution is -2.33. The maximum Gasteiger partial charge on any atom is 0.278 e. The Kier molecular flexibility index (Phi) is 3.50. The number of carbonyl (C=O) groups is 2. The van der Waals surface area contributed by atoms with Crippen molar-refractivity contribution < 1.29 is 23.7 Å². The number of imide groups is 1. The van der Waals surface area contributed by atoms with E-state index in [2.05, 4.69) is 5.16 Å². The summed E-state index contributed by atoms with van der Waals surface area (Å²) in [5, 5.41) is 14.8. The van der Waals surface area contributed by atoms with Gasteiger partial charge in [-0.3, -0.25) is 19.7 Å². The number of rotatable bonds is 3. The maximum atomic E-state index is 13.1. The molecular formula is C17H10FN3O5. The first-order chi connectivity index (χ1) is 12.5. The molecule has 0 N–H and O–H groups in total. The van der Waals surface area contributed by atoms with E-state index in [0.717, 1.165) is 17.0 Å². The number of non-ortho nitro benzene ring substituents is 1. The van der Waals surface area contributed by atoms with Crippen molar-refractivity contribution in [1.82, 2.24) is 0 Å². The van der Waals surface area contributed by atoms with Crippen LogP contribution < -0.4 is 4.90 Å². The second kappa shape index (κ2) is 5.73. The zero-order chi connectivity index (χ0) is 18.4. The van der Waals surface area contributed by atoms with E-state index in [-0.39, 0.29) is 17.1 Å². The van der Waals surface area contributed by atoms with Gasteiger partial charge < -0.3 is 4.84 Å². The van der Waals surface area contributed by atoms with Crippen LogP contribution in [0.3, 0.4) is 0 Å². The minimum atomic E-state index is -1.14. The normalized spacial score (nSPS) is 21.4. The van der Waals surface area contributed by atoms with Gasteiger partial charge in [0.25, 0.3) is 11.6 Å². The molecule has 8 nitrogen and oxygen atoms in total. The van der Waals surface area contributed by atoms with E-state index in [4.69, 9.17) is 4.84 Å². The van der Waals surface area contributed by atoms with E-state index in [1.54, 1.807) is 6.07 Å². The molecule has 2 amide bonds. The summed E-state index contributed by atoms with van der Waals surface area (Å²) in [7, 11) is 0. The fraction of sp³-hybridized carbons (Fsp3) is 0.118. The molecule has 2 aliphatic heterocycles. The van der Waals surface area contributed by atoms with Crippen molar-refractivity contribution in [2.75, 3.05) is 4.90 Å². The SMILES string of the molecule is O=C1[C@@H]2C(c3cccc([N+](=O)[O-])c3)=NO[C@@H]2C(=O)N1c1ccc(F)cc1. The molecule has 0 unspecified atom stereocenters. The van der Waals surface area contributed by atoms with Crippen LogP contribution in [0.5, 0.6) is 0 Å². The van der Waals surface area contributed by atoms with Crippen LogP contribution in [0.15, 0.2) is 53.7 Å². The summed E-state index contributed by atoms with van der Waals surface area (Å²) in [6.07, 6.45) is -1.14. The van der Waals surface area contributed by atoms with Crippen molar-refractivity contribution in [2.24, 2.45) is 11.1 Å². The minimum Gasteiger partial charge on any atom is -0.381 e. The number of nitrogens with zero attached hydrogens (tertiary/aromatic N) is 3. The Morgan fingerprint density at radius 2 is 1.85 bits per heavy atom. The predicted molar refractivity (Wildman–Crippen MR) is 86.9 cm³/mol. The molecule has 4 rings (SSSR count). The van der Waals surface area contributed by atoms with Crippen LogP contribution in [-0.4, -0.2) is 28.6 Å². The molecule has 2 aromatic rings. The Balaban J connectivity index is 1.70. The van der Waals surface area contributed by atoms with Gasteiger partial charge in [0, 0.05) is 17.7 Å². The molecule has 2 heterocycles. The van der Waals surface area contributed by atoms with Crippen LogP contribution in [0.2, 0.25) is 0 Å². The maximum absolute atomic E-state index is 13.1. The molecule has 2 aromatic carbocycles. The molecular weight excluding hydrogens is 345 g/mol. The van der Waals surface area contributed by atoms with Gasteiger partial charge in [0.1, 0.15) is 17.4 Å². The number of halogens is 1. The van der Waals surface area contributed by atoms with Crippen molar-refractivity contribution in [2.45, 2.75) is 6.10 Å². The van der Waals surface area contributed by atoms with Crippen molar-refractivity contribution in [3.05, 3.63) is 70.0 Å². The lowest BCUT2D eigenvalue weighted by molar-refractivity contribution is -0.384. The summed E-state index contributed by atoms with van der Waals surface area (Å²) >= 11 is 0. The van der Waals surface area contributed by atoms with Gasteiger partial charge in [-0.1, -0.05) is 17.3 Å². The van der Waals surface area contributed by atoms with Gasteiger partial charge in [-0.2, -0.15) is 0 Å². The highest BCUT2D eigenvalue weighted by Gasteiger charge is 2.56. The quantitative estimate of drug-likeness (QED) is 0.476. The number of hydrogen-bond acceptors (Lipinski definition) is 6. The van der Waals surface area contributed by atoms with E-state index in [1.807, 2.05) is 0 Å². The van der Waals surface area contributed by atoms with E-state index >= 15 is 0 Å². The second-order valence-corrected chi connectivity index (χ2v) is 5.78. The number of amides is 2. The smallest absolute Gasteiger partial charge is 0.278 e. The lowest BCUT2D eigenvalue weighted by Gasteiger charge is -2.15. The fourth-order valence-electron chi connectivity index (χ4n) is 3.04. The van der Waals surface area contributed by atoms with Gasteiger partial charge in [-0.05, 0) is 24.3 Å². The second-order valence-electron chi connectivity index (χ2n) is 5.78. The average molecular weight is 355 g/mol. The van der Waals surface area contributed by atoms with E-state index in [0.29, 0.717) is 5.56 Å². The molecule has 0 radical (unpaired) electrons. The zero-order valence-corrected chi connectivity index (χ0v) is 13.0. The predicted octanol–water partition coefficient (Wildman–Crippen LogP) is 2.03. The van der Waals surface area contributed by atoms with Crippen molar-refractivity contribution >= 4 is 28.9 Å². The van der Waals surface area contributed by atoms with Crippen LogP contribution in [-0.2, 0) is 14.4 Å². The molecule has 1 fully saturated rings. The Bertz CT molecular complexity index is 973. The Morgan fingerprint density at radius 3 is 2.54 bits per heavy atom. The molecule has 130 valence electrons. The van der Waals surface area contributed by atoms with Crippen LogP contribution in [0, 0.1) is 21.8 Å². The number of hydrogen-bond donors (Lipinski definition) is 0. The molecule has 2 aliphatic rings. The van der Waals surface area contributed by atoms with Gasteiger partial charge in [0.05, 0.1) is 10.6 Å². The number of anilines is 1. The van der Waals surface area contributed by atoms with E-state index in [1.165, 1.54) is 30.3 Å². The van der Waals surface area contributed by atoms with E-state index < -0.39 is 34.6 Å². The molecule has 0 aromatic heterocycles. The fourth-order valence-corrected chi connectivity index (χ4v) is 3.04. The van der Waals surface area contributed by atoms with Crippen LogP contribution in [0.1, 0.15) is 5.56 Å². The third-order valence-corrected chi connectivity index (χ3v) is 4.25. The third kappa shape index (κ3) is 2.32. The average Bonchev–Trinajstić information content (AvgIpc) is 3.17. The standard InChI is InChI=1S/C17H10FN3O5/c18-10-4-6-11(7-5-10)20-16(22)13-14(19-26-15(13)17(20)23)9-2-1-3-12(8-9)21(24)25/h1-8,13,15H/t13-,15+/m1/s1. The number of benzene rings is 2. The molecule has 26 heavy (non-hydrogen) atoms. The number of nitro benzene ring substituents is 1. The first-order valence-electron chi connectivity index (χ1n) is 7.59. The molecule has 9 heteroatoms. The Hall–Kier alpha value is -3.62. The third-order valence-electron chi connectivity index (χ3n) is 4.25. The van der Waals surface area contributed by atoms with Gasteiger partial charge >= 0.3 is 0 Å². The highest BCUT2D eigenvalue weighted by molar-refractivity contribution is 6.32. The molecule has 0 saturated carbocycles. The van der Waals surface area contributed by atoms with Gasteiger partial charge in [-0.25, -0.2) is 9.29 Å². The number of oxime groups is 1. The number of carbonyl (C=O) groups excluding carboxylic acids is 2. The zero-order valence-electron chi connectivity index (χ0n) is 13.0. The van der Waals surface area contributed by atoms with E-state index in [9.17, 15) is 24.1 Å². The first kappa shape index (κ1) is 15.9. The molecule has 1 saturated heterocycles. The largest absolute Gasteiger partial charge is 0.381 e. The number of fused-ring (bicyclic) bond motifs is 1. The molecule has 0 aliphatic carbocycles. The lowest BCUT2D eigenvalue weighted by atomic mass is 9.94. The summed E-state index contributed by atoms with van der Waals surface area (Å²) in [5.74, 6) is -2.69. The van der Waals surface area contributed by atoms with Crippen molar-refractivity contribution in [3.8, 4) is 0 Å². The van der Waals surface area contributed by atoms with Gasteiger partial charge in [-0.15, -0.1) is 0 Å². The molecule has 2 atom stereocenters. The minimum absolute atomic E-state index is 0.154. The number of nitro groups is 1. The summed E-state index contributed by atoms with van der Waals surface area (Å²) < 4.78 is 13.1. The summed E-state index contributed by atoms with van der Waals surface area (Å²) in [4.78, 5) is 41.8. The van der Waals surface area contributed by atoms with Crippen molar-refractivity contribution in [3.63, 3.8) is 0 Å².